The van der Waals surface area contributed by atoms with E-state index in [1.165, 1.54) is 10.4 Å². The number of fused-ring (bicyclic) bond motifs is 3. The van der Waals surface area contributed by atoms with E-state index in [1.54, 1.807) is 11.3 Å². The standard InChI is InChI=1S/C33H44ClN7O2S/c1-21-22(2)44-33-30(21)31(25-9-11-26(34)12-10-25)37-27(32-39-38-23(3)41(32)33)20-29(43)36-16-7-17-40-18-13-24(14-19-40)28(42)8-5-4-6-15-35/h9-12,24,27H,4-8,13-20,35H2,1-3H3,(H,36,43)/t27-/m0/s1. The van der Waals surface area contributed by atoms with Crippen LogP contribution in [0.5, 0.6) is 0 Å². The largest absolute Gasteiger partial charge is 0.356 e. The molecule has 4 heterocycles. The fraction of sp³-hybridized carbons (Fsp3) is 0.545. The lowest BCUT2D eigenvalue weighted by Gasteiger charge is -2.31. The highest BCUT2D eigenvalue weighted by Gasteiger charge is 2.32. The number of carbonyl (C=O) groups excluding carboxylic acids is 2. The normalized spacial score (nSPS) is 17.1. The van der Waals surface area contributed by atoms with Crippen LogP contribution in [0.1, 0.15) is 90.6 Å². The third-order valence-electron chi connectivity index (χ3n) is 8.88. The number of thiophene rings is 1. The molecule has 11 heteroatoms. The maximum absolute atomic E-state index is 13.2. The summed E-state index contributed by atoms with van der Waals surface area (Å²) in [5.74, 6) is 2.02. The molecule has 2 aliphatic rings. The van der Waals surface area contributed by atoms with E-state index in [0.29, 0.717) is 36.1 Å². The van der Waals surface area contributed by atoms with Crippen molar-refractivity contribution in [1.82, 2.24) is 25.0 Å². The molecule has 236 valence electrons. The van der Waals surface area contributed by atoms with Crippen LogP contribution < -0.4 is 11.1 Å². The monoisotopic (exact) mass is 637 g/mol. The van der Waals surface area contributed by atoms with Gasteiger partial charge in [-0.3, -0.25) is 19.1 Å². The summed E-state index contributed by atoms with van der Waals surface area (Å²) in [6.45, 7) is 10.3. The van der Waals surface area contributed by atoms with Crippen LogP contribution in [0.15, 0.2) is 29.3 Å². The minimum atomic E-state index is -0.479. The second kappa shape index (κ2) is 14.9. The van der Waals surface area contributed by atoms with Gasteiger partial charge in [0.15, 0.2) is 5.82 Å². The first-order valence-corrected chi connectivity index (χ1v) is 17.0. The molecule has 1 saturated heterocycles. The van der Waals surface area contributed by atoms with Gasteiger partial charge in [0.25, 0.3) is 0 Å². The zero-order valence-electron chi connectivity index (χ0n) is 26.1. The number of ketones is 1. The van der Waals surface area contributed by atoms with Crippen molar-refractivity contribution in [2.24, 2.45) is 16.6 Å². The number of carbonyl (C=O) groups is 2. The molecular formula is C33H44ClN7O2S. The number of nitrogens with two attached hydrogens (primary N) is 1. The number of Topliss-reactive ketones (excluding diaryl/α,β-unsaturated/α-hetero) is 1. The summed E-state index contributed by atoms with van der Waals surface area (Å²) in [7, 11) is 0. The lowest BCUT2D eigenvalue weighted by Crippen LogP contribution is -2.38. The number of aryl methyl sites for hydroxylation is 2. The lowest BCUT2D eigenvalue weighted by atomic mass is 9.90. The SMILES string of the molecule is Cc1sc2c(c1C)C(c1ccc(Cl)cc1)=N[C@@H](CC(=O)NCCCN1CCC(C(=O)CCCCCN)CC1)c1nnc(C)n1-2. The van der Waals surface area contributed by atoms with Crippen molar-refractivity contribution in [3.8, 4) is 5.00 Å². The maximum Gasteiger partial charge on any atom is 0.222 e. The molecule has 3 aromatic rings. The van der Waals surface area contributed by atoms with Crippen molar-refractivity contribution < 1.29 is 9.59 Å². The quantitative estimate of drug-likeness (QED) is 0.239. The van der Waals surface area contributed by atoms with E-state index in [2.05, 4.69) is 38.8 Å². The zero-order chi connectivity index (χ0) is 31.2. The molecule has 0 unspecified atom stereocenters. The van der Waals surface area contributed by atoms with Crippen molar-refractivity contribution >= 4 is 40.3 Å². The molecule has 1 fully saturated rings. The molecule has 5 rings (SSSR count). The first kappa shape index (κ1) is 32.5. The molecule has 1 atom stereocenters. The fourth-order valence-electron chi connectivity index (χ4n) is 6.21. The second-order valence-electron chi connectivity index (χ2n) is 12.0. The molecule has 0 radical (unpaired) electrons. The molecule has 9 nitrogen and oxygen atoms in total. The lowest BCUT2D eigenvalue weighted by molar-refractivity contribution is -0.124. The molecule has 44 heavy (non-hydrogen) atoms. The summed E-state index contributed by atoms with van der Waals surface area (Å²) in [4.78, 5) is 34.6. The minimum absolute atomic E-state index is 0.0569. The van der Waals surface area contributed by atoms with Crippen molar-refractivity contribution in [2.75, 3.05) is 32.7 Å². The Balaban J connectivity index is 1.19. The number of aliphatic imine (C=N–C) groups is 1. The Morgan fingerprint density at radius 1 is 1.05 bits per heavy atom. The van der Waals surface area contributed by atoms with E-state index in [-0.39, 0.29) is 18.2 Å². The van der Waals surface area contributed by atoms with Crippen LogP contribution in [0.4, 0.5) is 0 Å². The van der Waals surface area contributed by atoms with Gasteiger partial charge in [0, 0.05) is 39.9 Å². The maximum atomic E-state index is 13.2. The Hall–Kier alpha value is -2.92. The number of benzene rings is 1. The molecule has 0 saturated carbocycles. The molecule has 2 aromatic heterocycles. The molecule has 3 N–H and O–H groups in total. The van der Waals surface area contributed by atoms with Gasteiger partial charge in [-0.05, 0) is 96.8 Å². The first-order chi connectivity index (χ1) is 21.3. The number of unbranched alkanes of at least 4 members (excludes halogenated alkanes) is 2. The highest BCUT2D eigenvalue weighted by molar-refractivity contribution is 7.15. The Morgan fingerprint density at radius 2 is 1.80 bits per heavy atom. The Kier molecular flexibility index (Phi) is 11.0. The van der Waals surface area contributed by atoms with Crippen LogP contribution in [-0.2, 0) is 9.59 Å². The summed E-state index contributed by atoms with van der Waals surface area (Å²) < 4.78 is 2.07. The van der Waals surface area contributed by atoms with Gasteiger partial charge in [-0.2, -0.15) is 0 Å². The molecule has 0 spiro atoms. The van der Waals surface area contributed by atoms with Gasteiger partial charge in [-0.1, -0.05) is 30.2 Å². The van der Waals surface area contributed by atoms with Crippen LogP contribution in [0.25, 0.3) is 5.00 Å². The Morgan fingerprint density at radius 3 is 2.52 bits per heavy atom. The number of nitrogens with zero attached hydrogens (tertiary/aromatic N) is 5. The smallest absolute Gasteiger partial charge is 0.222 e. The third-order valence-corrected chi connectivity index (χ3v) is 10.3. The van der Waals surface area contributed by atoms with E-state index in [9.17, 15) is 9.59 Å². The highest BCUT2D eigenvalue weighted by atomic mass is 35.5. The summed E-state index contributed by atoms with van der Waals surface area (Å²) in [6, 6.07) is 7.23. The average molecular weight is 638 g/mol. The third kappa shape index (κ3) is 7.47. The van der Waals surface area contributed by atoms with Crippen LogP contribution in [-0.4, -0.2) is 69.8 Å². The zero-order valence-corrected chi connectivity index (χ0v) is 27.6. The summed E-state index contributed by atoms with van der Waals surface area (Å²) in [5, 5.41) is 13.7. The van der Waals surface area contributed by atoms with Crippen molar-refractivity contribution in [3.05, 3.63) is 62.5 Å². The highest BCUT2D eigenvalue weighted by Crippen LogP contribution is 2.39. The minimum Gasteiger partial charge on any atom is -0.356 e. The molecule has 0 bridgehead atoms. The summed E-state index contributed by atoms with van der Waals surface area (Å²) in [5.41, 5.74) is 9.58. The topological polar surface area (TPSA) is 118 Å². The molecule has 2 aliphatic heterocycles. The van der Waals surface area contributed by atoms with Crippen LogP contribution in [0.3, 0.4) is 0 Å². The second-order valence-corrected chi connectivity index (χ2v) is 13.6. The van der Waals surface area contributed by atoms with E-state index < -0.39 is 6.04 Å². The van der Waals surface area contributed by atoms with E-state index in [1.807, 2.05) is 31.2 Å². The molecule has 1 aromatic carbocycles. The molecular weight excluding hydrogens is 594 g/mol. The Bertz CT molecular complexity index is 1490. The van der Waals surface area contributed by atoms with Gasteiger partial charge in [-0.15, -0.1) is 21.5 Å². The summed E-state index contributed by atoms with van der Waals surface area (Å²) in [6.07, 6.45) is 6.59. The average Bonchev–Trinajstić information content (AvgIpc) is 3.50. The number of rotatable bonds is 13. The van der Waals surface area contributed by atoms with Gasteiger partial charge in [0.05, 0.1) is 12.1 Å². The van der Waals surface area contributed by atoms with E-state index in [4.69, 9.17) is 22.3 Å². The number of hydrogen-bond acceptors (Lipinski definition) is 8. The fourth-order valence-corrected chi connectivity index (χ4v) is 7.55. The van der Waals surface area contributed by atoms with Gasteiger partial charge >= 0.3 is 0 Å². The van der Waals surface area contributed by atoms with Gasteiger partial charge in [0.1, 0.15) is 22.7 Å². The van der Waals surface area contributed by atoms with Crippen molar-refractivity contribution in [2.45, 2.75) is 78.2 Å². The van der Waals surface area contributed by atoms with Crippen molar-refractivity contribution in [3.63, 3.8) is 0 Å². The number of amides is 1. The van der Waals surface area contributed by atoms with Gasteiger partial charge in [0.2, 0.25) is 5.91 Å². The number of piperidine rings is 1. The van der Waals surface area contributed by atoms with Crippen LogP contribution >= 0.6 is 22.9 Å². The molecule has 1 amide bonds. The summed E-state index contributed by atoms with van der Waals surface area (Å²) >= 11 is 7.91. The number of nitrogens with one attached hydrogen (secondary N) is 1. The first-order valence-electron chi connectivity index (χ1n) is 15.8. The number of halogens is 1. The van der Waals surface area contributed by atoms with Crippen LogP contribution in [0.2, 0.25) is 5.02 Å². The van der Waals surface area contributed by atoms with Crippen molar-refractivity contribution in [1.29, 1.82) is 0 Å². The molecule has 0 aliphatic carbocycles. The Labute approximate surface area is 269 Å². The number of likely N-dealkylation sites (tertiary alicyclic amines) is 1. The van der Waals surface area contributed by atoms with E-state index >= 15 is 0 Å². The van der Waals surface area contributed by atoms with E-state index in [0.717, 1.165) is 85.8 Å². The number of aromatic nitrogens is 3. The van der Waals surface area contributed by atoms with Crippen LogP contribution in [0, 0.1) is 26.7 Å². The predicted octanol–water partition coefficient (Wildman–Crippen LogP) is 5.50. The van der Waals surface area contributed by atoms with Gasteiger partial charge in [-0.25, -0.2) is 0 Å². The number of hydrogen-bond donors (Lipinski definition) is 2. The van der Waals surface area contributed by atoms with Gasteiger partial charge < -0.3 is 16.0 Å². The predicted molar refractivity (Wildman–Crippen MR) is 177 cm³/mol.